The second-order valence-electron chi connectivity index (χ2n) is 5.52. The number of aromatic nitrogens is 1. The van der Waals surface area contributed by atoms with E-state index in [1.807, 2.05) is 25.1 Å². The lowest BCUT2D eigenvalue weighted by Crippen LogP contribution is -2.09. The van der Waals surface area contributed by atoms with Crippen LogP contribution < -0.4 is 5.32 Å². The van der Waals surface area contributed by atoms with Crippen LogP contribution in [-0.2, 0) is 4.74 Å². The number of carbonyl (C=O) groups excluding carboxylic acids is 1. The van der Waals surface area contributed by atoms with Crippen molar-refractivity contribution in [3.63, 3.8) is 0 Å². The SMILES string of the molecule is CCOC(=O)c1cnc2ccc(Cl)cc2c1Nc1ccc(C)c(Cl)c1. The van der Waals surface area contributed by atoms with E-state index in [2.05, 4.69) is 10.3 Å². The summed E-state index contributed by atoms with van der Waals surface area (Å²) in [7, 11) is 0. The van der Waals surface area contributed by atoms with Crippen molar-refractivity contribution in [1.29, 1.82) is 0 Å². The normalized spacial score (nSPS) is 10.7. The van der Waals surface area contributed by atoms with Crippen molar-refractivity contribution in [3.8, 4) is 0 Å². The van der Waals surface area contributed by atoms with Gasteiger partial charge in [0.05, 0.1) is 17.8 Å². The molecule has 6 heteroatoms. The van der Waals surface area contributed by atoms with Gasteiger partial charge in [0.15, 0.2) is 0 Å². The quantitative estimate of drug-likeness (QED) is 0.588. The predicted octanol–water partition coefficient (Wildman–Crippen LogP) is 5.77. The van der Waals surface area contributed by atoms with Crippen LogP contribution in [0.1, 0.15) is 22.8 Å². The average Bonchev–Trinajstić information content (AvgIpc) is 2.58. The lowest BCUT2D eigenvalue weighted by Gasteiger charge is -2.15. The van der Waals surface area contributed by atoms with Crippen LogP contribution >= 0.6 is 23.2 Å². The molecule has 0 aliphatic heterocycles. The first-order valence-corrected chi connectivity index (χ1v) is 8.53. The molecule has 3 rings (SSSR count). The summed E-state index contributed by atoms with van der Waals surface area (Å²) >= 11 is 12.4. The van der Waals surface area contributed by atoms with E-state index in [4.69, 9.17) is 27.9 Å². The van der Waals surface area contributed by atoms with Crippen LogP contribution in [0.25, 0.3) is 10.9 Å². The minimum atomic E-state index is -0.447. The van der Waals surface area contributed by atoms with E-state index in [9.17, 15) is 4.79 Å². The van der Waals surface area contributed by atoms with Gasteiger partial charge in [-0.05, 0) is 49.7 Å². The molecule has 0 amide bonds. The number of nitrogens with one attached hydrogen (secondary N) is 1. The lowest BCUT2D eigenvalue weighted by molar-refractivity contribution is 0.0527. The van der Waals surface area contributed by atoms with Gasteiger partial charge in [-0.15, -0.1) is 0 Å². The van der Waals surface area contributed by atoms with E-state index in [1.165, 1.54) is 6.20 Å². The molecule has 1 N–H and O–H groups in total. The molecule has 128 valence electrons. The molecular formula is C19H16Cl2N2O2. The number of ether oxygens (including phenoxy) is 1. The Hall–Kier alpha value is -2.30. The van der Waals surface area contributed by atoms with Crippen LogP contribution in [0.2, 0.25) is 10.0 Å². The molecule has 0 atom stereocenters. The highest BCUT2D eigenvalue weighted by Crippen LogP contribution is 2.32. The van der Waals surface area contributed by atoms with Crippen LogP contribution in [0.15, 0.2) is 42.6 Å². The minimum Gasteiger partial charge on any atom is -0.462 e. The van der Waals surface area contributed by atoms with Gasteiger partial charge in [-0.25, -0.2) is 4.79 Å². The molecule has 4 nitrogen and oxygen atoms in total. The zero-order valence-electron chi connectivity index (χ0n) is 13.8. The van der Waals surface area contributed by atoms with Gasteiger partial charge >= 0.3 is 5.97 Å². The van der Waals surface area contributed by atoms with Gasteiger partial charge in [0.25, 0.3) is 0 Å². The Morgan fingerprint density at radius 3 is 2.72 bits per heavy atom. The van der Waals surface area contributed by atoms with Crippen molar-refractivity contribution < 1.29 is 9.53 Å². The number of hydrogen-bond donors (Lipinski definition) is 1. The number of nitrogens with zero attached hydrogens (tertiary/aromatic N) is 1. The minimum absolute atomic E-state index is 0.280. The second kappa shape index (κ2) is 7.30. The summed E-state index contributed by atoms with van der Waals surface area (Å²) in [6, 6.07) is 10.9. The number of carbonyl (C=O) groups is 1. The highest BCUT2D eigenvalue weighted by molar-refractivity contribution is 6.32. The first-order valence-electron chi connectivity index (χ1n) is 7.78. The van der Waals surface area contributed by atoms with Crippen molar-refractivity contribution in [1.82, 2.24) is 4.98 Å². The fourth-order valence-corrected chi connectivity index (χ4v) is 2.83. The maximum atomic E-state index is 12.3. The summed E-state index contributed by atoms with van der Waals surface area (Å²) in [5, 5.41) is 5.19. The molecule has 2 aromatic carbocycles. The summed E-state index contributed by atoms with van der Waals surface area (Å²) in [6.45, 7) is 3.97. The third-order valence-electron chi connectivity index (χ3n) is 3.77. The van der Waals surface area contributed by atoms with E-state index in [1.54, 1.807) is 25.1 Å². The van der Waals surface area contributed by atoms with Gasteiger partial charge in [-0.3, -0.25) is 4.98 Å². The topological polar surface area (TPSA) is 51.2 Å². The fraction of sp³-hybridized carbons (Fsp3) is 0.158. The zero-order chi connectivity index (χ0) is 18.0. The third-order valence-corrected chi connectivity index (χ3v) is 4.41. The number of benzene rings is 2. The van der Waals surface area contributed by atoms with E-state index in [0.717, 1.165) is 22.2 Å². The van der Waals surface area contributed by atoms with Crippen LogP contribution in [0.5, 0.6) is 0 Å². The zero-order valence-corrected chi connectivity index (χ0v) is 15.3. The number of pyridine rings is 1. The Morgan fingerprint density at radius 1 is 1.20 bits per heavy atom. The molecular weight excluding hydrogens is 359 g/mol. The number of rotatable bonds is 4. The lowest BCUT2D eigenvalue weighted by atomic mass is 10.1. The highest BCUT2D eigenvalue weighted by Gasteiger charge is 2.17. The van der Waals surface area contributed by atoms with Crippen LogP contribution in [0.3, 0.4) is 0 Å². The standard InChI is InChI=1S/C19H16Cl2N2O2/c1-3-25-19(24)15-10-22-17-7-5-12(20)8-14(17)18(15)23-13-6-4-11(2)16(21)9-13/h4-10H,3H2,1-2H3,(H,22,23). The molecule has 0 saturated heterocycles. The maximum absolute atomic E-state index is 12.3. The smallest absolute Gasteiger partial charge is 0.341 e. The second-order valence-corrected chi connectivity index (χ2v) is 6.36. The number of fused-ring (bicyclic) bond motifs is 1. The number of anilines is 2. The maximum Gasteiger partial charge on any atom is 0.341 e. The first kappa shape index (κ1) is 17.5. The summed E-state index contributed by atoms with van der Waals surface area (Å²) in [4.78, 5) is 16.7. The van der Waals surface area contributed by atoms with Gasteiger partial charge < -0.3 is 10.1 Å². The number of aryl methyl sites for hydroxylation is 1. The van der Waals surface area contributed by atoms with Crippen molar-refractivity contribution in [2.75, 3.05) is 11.9 Å². The van der Waals surface area contributed by atoms with E-state index >= 15 is 0 Å². The first-order chi connectivity index (χ1) is 12.0. The van der Waals surface area contributed by atoms with Gasteiger partial charge in [0.2, 0.25) is 0 Å². The van der Waals surface area contributed by atoms with Gasteiger partial charge in [0, 0.05) is 27.3 Å². The highest BCUT2D eigenvalue weighted by atomic mass is 35.5. The van der Waals surface area contributed by atoms with Gasteiger partial charge in [-0.1, -0.05) is 29.3 Å². The van der Waals surface area contributed by atoms with Gasteiger partial charge in [0.1, 0.15) is 5.56 Å². The van der Waals surface area contributed by atoms with E-state index in [0.29, 0.717) is 21.3 Å². The van der Waals surface area contributed by atoms with Crippen LogP contribution in [0.4, 0.5) is 11.4 Å². The van der Waals surface area contributed by atoms with Crippen molar-refractivity contribution >= 4 is 51.4 Å². The largest absolute Gasteiger partial charge is 0.462 e. The molecule has 0 bridgehead atoms. The van der Waals surface area contributed by atoms with Crippen molar-refractivity contribution in [2.45, 2.75) is 13.8 Å². The molecule has 1 heterocycles. The molecule has 0 unspecified atom stereocenters. The van der Waals surface area contributed by atoms with Crippen LogP contribution in [-0.4, -0.2) is 17.6 Å². The van der Waals surface area contributed by atoms with Crippen molar-refractivity contribution in [2.24, 2.45) is 0 Å². The fourth-order valence-electron chi connectivity index (χ4n) is 2.48. The van der Waals surface area contributed by atoms with Crippen LogP contribution in [0, 0.1) is 6.92 Å². The van der Waals surface area contributed by atoms with E-state index < -0.39 is 5.97 Å². The van der Waals surface area contributed by atoms with Gasteiger partial charge in [-0.2, -0.15) is 0 Å². The molecule has 3 aromatic rings. The monoisotopic (exact) mass is 374 g/mol. The Kier molecular flexibility index (Phi) is 5.11. The Balaban J connectivity index is 2.17. The summed E-state index contributed by atoms with van der Waals surface area (Å²) in [5.41, 5.74) is 3.38. The Labute approximate surface area is 155 Å². The number of halogens is 2. The Morgan fingerprint density at radius 2 is 2.00 bits per heavy atom. The molecule has 0 radical (unpaired) electrons. The number of esters is 1. The summed E-state index contributed by atoms with van der Waals surface area (Å²) in [6.07, 6.45) is 1.51. The van der Waals surface area contributed by atoms with E-state index in [-0.39, 0.29) is 6.61 Å². The molecule has 0 spiro atoms. The summed E-state index contributed by atoms with van der Waals surface area (Å²) in [5.74, 6) is -0.447. The predicted molar refractivity (Wildman–Crippen MR) is 102 cm³/mol. The van der Waals surface area contributed by atoms with Crippen molar-refractivity contribution in [3.05, 3.63) is 63.8 Å². The Bertz CT molecular complexity index is 958. The molecule has 0 fully saturated rings. The number of hydrogen-bond acceptors (Lipinski definition) is 4. The molecule has 1 aromatic heterocycles. The third kappa shape index (κ3) is 3.70. The molecule has 25 heavy (non-hydrogen) atoms. The average molecular weight is 375 g/mol. The summed E-state index contributed by atoms with van der Waals surface area (Å²) < 4.78 is 5.15. The molecule has 0 aliphatic rings. The molecule has 0 aliphatic carbocycles. The molecule has 0 saturated carbocycles.